The van der Waals surface area contributed by atoms with E-state index in [-0.39, 0.29) is 47.9 Å². The predicted octanol–water partition coefficient (Wildman–Crippen LogP) is 12.8. The van der Waals surface area contributed by atoms with Gasteiger partial charge in [0, 0.05) is 84.2 Å². The second kappa shape index (κ2) is 16.8. The van der Waals surface area contributed by atoms with Crippen LogP contribution >= 0.6 is 0 Å². The van der Waals surface area contributed by atoms with Gasteiger partial charge in [0.05, 0.1) is 0 Å². The fourth-order valence-electron chi connectivity index (χ4n) is 7.32. The van der Waals surface area contributed by atoms with Crippen molar-refractivity contribution in [3.63, 3.8) is 0 Å². The molecule has 0 atom stereocenters. The number of pyridine rings is 2. The van der Waals surface area contributed by atoms with Gasteiger partial charge in [-0.2, -0.15) is 0 Å². The van der Waals surface area contributed by atoms with Crippen molar-refractivity contribution in [2.75, 3.05) is 0 Å². The minimum Gasteiger partial charge on any atom is -0.512 e. The molecule has 0 spiro atoms. The van der Waals surface area contributed by atoms with Crippen molar-refractivity contribution < 1.29 is 34.4 Å². The molecule has 1 radical (unpaired) electrons. The number of allylic oxidation sites excluding steroid dienone is 2. The molecule has 0 bridgehead atoms. The molecule has 0 aliphatic heterocycles. The molecule has 0 unspecified atom stereocenters. The fraction of sp³-hybridized carbons (Fsp3) is 0.468. The van der Waals surface area contributed by atoms with Gasteiger partial charge < -0.3 is 9.52 Å². The predicted molar refractivity (Wildman–Crippen MR) is 217 cm³/mol. The van der Waals surface area contributed by atoms with Crippen molar-refractivity contribution in [1.82, 2.24) is 9.97 Å². The minimum atomic E-state index is -0.337. The average molecular weight is 892 g/mol. The van der Waals surface area contributed by atoms with E-state index in [0.717, 1.165) is 78.3 Å². The summed E-state index contributed by atoms with van der Waals surface area (Å²) in [5.74, 6) is 1.92. The van der Waals surface area contributed by atoms with Crippen molar-refractivity contribution in [3.8, 4) is 22.4 Å². The number of aryl methyl sites for hydroxylation is 1. The maximum absolute atomic E-state index is 12.2. The monoisotopic (exact) mass is 892 g/mol. The van der Waals surface area contributed by atoms with E-state index in [1.54, 1.807) is 0 Å². The Bertz CT molecular complexity index is 2090. The van der Waals surface area contributed by atoms with Crippen LogP contribution in [0.5, 0.6) is 0 Å². The van der Waals surface area contributed by atoms with Gasteiger partial charge in [0.25, 0.3) is 0 Å². The first-order chi connectivity index (χ1) is 24.6. The standard InChI is InChI=1S/C32H31N2O.C15H28O2.Ir/c1-19(2)14-22-17-33-18-25-23(22)10-11-27-29(25)30-28(35-27)12-13-34-31(30)21-15-20-8-6-7-9-24(20)26(16-21)32(3,4)5;1-7-14(5,8-2)12(16)11-13(17)15(6,9-3)10-4;/h6-9,12-13,16-19H,10-11,14H2,1-5H3;11,16H,7-10H2,1-6H3;/q-1;;/b;12-11-;. The number of carbonyl (C=O) groups is 1. The number of nitrogens with zero attached hydrogens (tertiary/aromatic N) is 2. The number of hydrogen-bond donors (Lipinski definition) is 1. The average Bonchev–Trinajstić information content (AvgIpc) is 3.53. The van der Waals surface area contributed by atoms with Crippen molar-refractivity contribution in [2.24, 2.45) is 16.7 Å². The van der Waals surface area contributed by atoms with Crippen LogP contribution in [0.2, 0.25) is 0 Å². The van der Waals surface area contributed by atoms with Crippen LogP contribution in [0.3, 0.4) is 0 Å². The molecule has 5 nitrogen and oxygen atoms in total. The number of furan rings is 1. The third-order valence-electron chi connectivity index (χ3n) is 11.8. The fourth-order valence-corrected chi connectivity index (χ4v) is 7.32. The van der Waals surface area contributed by atoms with Gasteiger partial charge >= 0.3 is 0 Å². The van der Waals surface area contributed by atoms with E-state index in [9.17, 15) is 9.90 Å². The third kappa shape index (κ3) is 8.55. The topological polar surface area (TPSA) is 76.2 Å². The number of ketones is 1. The van der Waals surface area contributed by atoms with Crippen molar-refractivity contribution in [3.05, 3.63) is 95.3 Å². The summed E-state index contributed by atoms with van der Waals surface area (Å²) in [5.41, 5.74) is 8.68. The molecule has 0 fully saturated rings. The molecule has 6 heteroatoms. The number of aliphatic hydroxyl groups excluding tert-OH is 1. The molecule has 5 aromatic rings. The Hall–Kier alpha value is -3.60. The summed E-state index contributed by atoms with van der Waals surface area (Å²) in [7, 11) is 0. The smallest absolute Gasteiger partial charge is 0.164 e. The summed E-state index contributed by atoms with van der Waals surface area (Å²) < 4.78 is 6.43. The first-order valence-corrected chi connectivity index (χ1v) is 19.4. The number of benzene rings is 2. The number of hydrogen-bond acceptors (Lipinski definition) is 5. The van der Waals surface area contributed by atoms with Crippen LogP contribution in [-0.2, 0) is 49.6 Å². The molecule has 1 aliphatic carbocycles. The summed E-state index contributed by atoms with van der Waals surface area (Å²) in [5, 5.41) is 13.6. The Labute approximate surface area is 331 Å². The Balaban J connectivity index is 0.000000299. The molecule has 1 aliphatic rings. The van der Waals surface area contributed by atoms with E-state index in [0.29, 0.717) is 5.92 Å². The second-order valence-electron chi connectivity index (χ2n) is 16.7. The van der Waals surface area contributed by atoms with Gasteiger partial charge in [0.2, 0.25) is 0 Å². The normalized spacial score (nSPS) is 13.3. The SMILES string of the molecule is CC(C)Cc1cncc2c1CCc1oc3ccnc(-c4[c-]c5ccccc5c(C(C)(C)C)c4)c3c1-2.CCC(C)(CC)C(=O)/C=C(\O)C(C)(CC)CC.[Ir]. The van der Waals surface area contributed by atoms with Crippen LogP contribution in [0.1, 0.15) is 124 Å². The Morgan fingerprint density at radius 3 is 2.23 bits per heavy atom. The van der Waals surface area contributed by atoms with Crippen LogP contribution in [0.4, 0.5) is 0 Å². The molecule has 0 saturated heterocycles. The number of fused-ring (bicyclic) bond motifs is 6. The van der Waals surface area contributed by atoms with E-state index >= 15 is 0 Å². The Kier molecular flexibility index (Phi) is 13.4. The summed E-state index contributed by atoms with van der Waals surface area (Å²) in [6, 6.07) is 16.5. The van der Waals surface area contributed by atoms with Crippen LogP contribution in [0.15, 0.2) is 71.2 Å². The molecule has 1 N–H and O–H groups in total. The summed E-state index contributed by atoms with van der Waals surface area (Å²) in [6.45, 7) is 23.4. The van der Waals surface area contributed by atoms with Gasteiger partial charge in [-0.1, -0.05) is 105 Å². The van der Waals surface area contributed by atoms with Gasteiger partial charge in [-0.15, -0.1) is 29.1 Å². The Morgan fingerprint density at radius 2 is 1.60 bits per heavy atom. The molecular formula is C47H59IrN2O3-. The van der Waals surface area contributed by atoms with Crippen LogP contribution < -0.4 is 0 Å². The van der Waals surface area contributed by atoms with Gasteiger partial charge in [0.15, 0.2) is 5.78 Å². The van der Waals surface area contributed by atoms with Gasteiger partial charge in [0.1, 0.15) is 17.1 Å². The zero-order valence-corrected chi connectivity index (χ0v) is 36.2. The number of rotatable bonds is 10. The number of aromatic nitrogens is 2. The molecule has 2 aromatic carbocycles. The quantitative estimate of drug-likeness (QED) is 0.0859. The third-order valence-corrected chi connectivity index (χ3v) is 11.8. The summed E-state index contributed by atoms with van der Waals surface area (Å²) in [4.78, 5) is 21.8. The summed E-state index contributed by atoms with van der Waals surface area (Å²) in [6.07, 6.45) is 13.6. The first kappa shape index (κ1) is 42.1. The van der Waals surface area contributed by atoms with Crippen molar-refractivity contribution >= 4 is 27.5 Å². The maximum Gasteiger partial charge on any atom is 0.164 e. The van der Waals surface area contributed by atoms with Gasteiger partial charge in [-0.3, -0.25) is 14.8 Å². The maximum atomic E-state index is 12.2. The van der Waals surface area contributed by atoms with Crippen molar-refractivity contribution in [2.45, 2.75) is 127 Å². The molecule has 3 aromatic heterocycles. The molecule has 285 valence electrons. The van der Waals surface area contributed by atoms with Crippen LogP contribution in [0.25, 0.3) is 44.1 Å². The van der Waals surface area contributed by atoms with E-state index in [4.69, 9.17) is 9.40 Å². The van der Waals surface area contributed by atoms with E-state index in [2.05, 4.69) is 82.2 Å². The first-order valence-electron chi connectivity index (χ1n) is 19.4. The van der Waals surface area contributed by atoms with Crippen molar-refractivity contribution in [1.29, 1.82) is 0 Å². The van der Waals surface area contributed by atoms with Crippen LogP contribution in [-0.4, -0.2) is 20.9 Å². The van der Waals surface area contributed by atoms with Gasteiger partial charge in [-0.25, -0.2) is 0 Å². The molecule has 0 amide bonds. The van der Waals surface area contributed by atoms with E-state index in [1.165, 1.54) is 39.3 Å². The summed E-state index contributed by atoms with van der Waals surface area (Å²) >= 11 is 0. The molecule has 53 heavy (non-hydrogen) atoms. The minimum absolute atomic E-state index is 0. The second-order valence-corrected chi connectivity index (χ2v) is 16.7. The largest absolute Gasteiger partial charge is 0.512 e. The van der Waals surface area contributed by atoms with Crippen LogP contribution in [0, 0.1) is 22.8 Å². The van der Waals surface area contributed by atoms with E-state index < -0.39 is 0 Å². The number of carbonyl (C=O) groups excluding carboxylic acids is 1. The van der Waals surface area contributed by atoms with Gasteiger partial charge in [-0.05, 0) is 67.1 Å². The molecule has 6 rings (SSSR count). The van der Waals surface area contributed by atoms with E-state index in [1.807, 2.05) is 60.0 Å². The molecular weight excluding hydrogens is 833 g/mol. The molecule has 3 heterocycles. The zero-order chi connectivity index (χ0) is 38.0. The Morgan fingerprint density at radius 1 is 0.943 bits per heavy atom. The molecule has 0 saturated carbocycles. The number of aliphatic hydroxyl groups is 1. The zero-order valence-electron chi connectivity index (χ0n) is 33.8.